The first kappa shape index (κ1) is 16.9. The number of hydrogen-bond donors (Lipinski definition) is 0. The SMILES string of the molecule is O=C(C1CCN(c2ccc3c(c2)OCCO3)C1=O)N1CCN2CCCC2C1. The van der Waals surface area contributed by atoms with E-state index in [0.717, 1.165) is 38.3 Å². The Hall–Kier alpha value is -2.28. The summed E-state index contributed by atoms with van der Waals surface area (Å²) in [7, 11) is 0. The molecule has 2 atom stereocenters. The Kier molecular flexibility index (Phi) is 4.19. The maximum atomic E-state index is 13.0. The van der Waals surface area contributed by atoms with Gasteiger partial charge in [0.05, 0.1) is 0 Å². The van der Waals surface area contributed by atoms with Gasteiger partial charge < -0.3 is 19.3 Å². The Balaban J connectivity index is 1.29. The van der Waals surface area contributed by atoms with Gasteiger partial charge in [-0.05, 0) is 37.9 Å². The molecule has 7 heteroatoms. The first-order valence-corrected chi connectivity index (χ1v) is 9.94. The van der Waals surface area contributed by atoms with E-state index in [1.165, 1.54) is 6.42 Å². The summed E-state index contributed by atoms with van der Waals surface area (Å²) < 4.78 is 11.2. The third kappa shape index (κ3) is 2.94. The lowest BCUT2D eigenvalue weighted by atomic mass is 10.0. The van der Waals surface area contributed by atoms with Gasteiger partial charge in [0.2, 0.25) is 11.8 Å². The van der Waals surface area contributed by atoms with Crippen LogP contribution in [0.5, 0.6) is 11.5 Å². The molecular weight excluding hydrogens is 346 g/mol. The molecule has 5 rings (SSSR count). The first-order valence-electron chi connectivity index (χ1n) is 9.94. The average molecular weight is 371 g/mol. The molecule has 0 N–H and O–H groups in total. The lowest BCUT2D eigenvalue weighted by Gasteiger charge is -2.38. The molecule has 3 fully saturated rings. The molecule has 0 aliphatic carbocycles. The summed E-state index contributed by atoms with van der Waals surface area (Å²) >= 11 is 0. The van der Waals surface area contributed by atoms with Crippen molar-refractivity contribution < 1.29 is 19.1 Å². The third-order valence-corrected chi connectivity index (χ3v) is 6.24. The van der Waals surface area contributed by atoms with Crippen LogP contribution >= 0.6 is 0 Å². The molecule has 144 valence electrons. The topological polar surface area (TPSA) is 62.3 Å². The molecule has 1 aromatic carbocycles. The maximum absolute atomic E-state index is 13.0. The van der Waals surface area contributed by atoms with E-state index in [1.807, 2.05) is 23.1 Å². The zero-order chi connectivity index (χ0) is 18.4. The van der Waals surface area contributed by atoms with Gasteiger partial charge in [-0.1, -0.05) is 0 Å². The average Bonchev–Trinajstić information content (AvgIpc) is 3.33. The van der Waals surface area contributed by atoms with Crippen LogP contribution in [0.1, 0.15) is 19.3 Å². The van der Waals surface area contributed by atoms with Crippen LogP contribution in [0.3, 0.4) is 0 Å². The molecule has 2 amide bonds. The van der Waals surface area contributed by atoms with Crippen LogP contribution in [-0.2, 0) is 9.59 Å². The Morgan fingerprint density at radius 2 is 1.85 bits per heavy atom. The van der Waals surface area contributed by atoms with Gasteiger partial charge in [-0.15, -0.1) is 0 Å². The van der Waals surface area contributed by atoms with Crippen molar-refractivity contribution in [3.05, 3.63) is 18.2 Å². The number of amides is 2. The zero-order valence-corrected chi connectivity index (χ0v) is 15.4. The number of carbonyl (C=O) groups excluding carboxylic acids is 2. The lowest BCUT2D eigenvalue weighted by molar-refractivity contribution is -0.142. The quantitative estimate of drug-likeness (QED) is 0.729. The van der Waals surface area contributed by atoms with Crippen molar-refractivity contribution in [2.45, 2.75) is 25.3 Å². The number of nitrogens with zero attached hydrogens (tertiary/aromatic N) is 3. The molecule has 1 aromatic rings. The fourth-order valence-electron chi connectivity index (χ4n) is 4.78. The molecule has 4 aliphatic rings. The summed E-state index contributed by atoms with van der Waals surface area (Å²) in [6.45, 7) is 5.21. The molecule has 0 spiro atoms. The monoisotopic (exact) mass is 371 g/mol. The second-order valence-corrected chi connectivity index (χ2v) is 7.78. The highest BCUT2D eigenvalue weighted by molar-refractivity contribution is 6.09. The van der Waals surface area contributed by atoms with Crippen molar-refractivity contribution in [3.8, 4) is 11.5 Å². The predicted molar refractivity (Wildman–Crippen MR) is 99.1 cm³/mol. The van der Waals surface area contributed by atoms with Gasteiger partial charge in [0.25, 0.3) is 0 Å². The van der Waals surface area contributed by atoms with E-state index in [2.05, 4.69) is 4.90 Å². The summed E-state index contributed by atoms with van der Waals surface area (Å²) in [6, 6.07) is 6.03. The van der Waals surface area contributed by atoms with Gasteiger partial charge in [-0.3, -0.25) is 14.5 Å². The molecule has 7 nitrogen and oxygen atoms in total. The fraction of sp³-hybridized carbons (Fsp3) is 0.600. The van der Waals surface area contributed by atoms with E-state index in [-0.39, 0.29) is 11.8 Å². The Labute approximate surface area is 158 Å². The number of carbonyl (C=O) groups is 2. The second-order valence-electron chi connectivity index (χ2n) is 7.78. The van der Waals surface area contributed by atoms with Crippen LogP contribution in [0.4, 0.5) is 5.69 Å². The van der Waals surface area contributed by atoms with Crippen molar-refractivity contribution in [1.82, 2.24) is 9.80 Å². The molecule has 4 aliphatic heterocycles. The van der Waals surface area contributed by atoms with Crippen LogP contribution in [0.15, 0.2) is 18.2 Å². The Morgan fingerprint density at radius 1 is 1.00 bits per heavy atom. The van der Waals surface area contributed by atoms with Crippen molar-refractivity contribution in [2.75, 3.05) is 50.8 Å². The Bertz CT molecular complexity index is 768. The van der Waals surface area contributed by atoms with E-state index in [1.54, 1.807) is 4.90 Å². The minimum Gasteiger partial charge on any atom is -0.486 e. The summed E-state index contributed by atoms with van der Waals surface area (Å²) in [6.07, 6.45) is 2.95. The fourth-order valence-corrected chi connectivity index (χ4v) is 4.78. The standard InChI is InChI=1S/C20H25N3O4/c24-19(22-9-8-21-6-1-2-15(21)13-22)16-5-7-23(20(16)25)14-3-4-17-18(12-14)27-11-10-26-17/h3-4,12,15-16H,1-2,5-11,13H2. The number of benzene rings is 1. The molecule has 3 saturated heterocycles. The minimum atomic E-state index is -0.550. The number of piperazine rings is 1. The van der Waals surface area contributed by atoms with E-state index < -0.39 is 5.92 Å². The molecule has 0 saturated carbocycles. The zero-order valence-electron chi connectivity index (χ0n) is 15.4. The van der Waals surface area contributed by atoms with Crippen LogP contribution < -0.4 is 14.4 Å². The number of ether oxygens (including phenoxy) is 2. The smallest absolute Gasteiger partial charge is 0.239 e. The summed E-state index contributed by atoms with van der Waals surface area (Å²) in [5.41, 5.74) is 0.778. The van der Waals surface area contributed by atoms with Crippen LogP contribution in [0.2, 0.25) is 0 Å². The molecule has 0 bridgehead atoms. The highest BCUT2D eigenvalue weighted by atomic mass is 16.6. The summed E-state index contributed by atoms with van der Waals surface area (Å²) in [5.74, 6) is 0.737. The lowest BCUT2D eigenvalue weighted by Crippen LogP contribution is -2.54. The predicted octanol–water partition coefficient (Wildman–Crippen LogP) is 1.12. The third-order valence-electron chi connectivity index (χ3n) is 6.24. The number of fused-ring (bicyclic) bond motifs is 2. The molecule has 4 heterocycles. The van der Waals surface area contributed by atoms with Crippen molar-refractivity contribution in [2.24, 2.45) is 5.92 Å². The molecular formula is C20H25N3O4. The van der Waals surface area contributed by atoms with Gasteiger partial charge in [-0.25, -0.2) is 0 Å². The molecule has 0 radical (unpaired) electrons. The molecule has 2 unspecified atom stereocenters. The van der Waals surface area contributed by atoms with Crippen molar-refractivity contribution in [3.63, 3.8) is 0 Å². The van der Waals surface area contributed by atoms with E-state index in [9.17, 15) is 9.59 Å². The number of hydrogen-bond acceptors (Lipinski definition) is 5. The largest absolute Gasteiger partial charge is 0.486 e. The molecule has 0 aromatic heterocycles. The van der Waals surface area contributed by atoms with Crippen molar-refractivity contribution >= 4 is 17.5 Å². The Morgan fingerprint density at radius 3 is 2.74 bits per heavy atom. The maximum Gasteiger partial charge on any atom is 0.239 e. The summed E-state index contributed by atoms with van der Waals surface area (Å²) in [4.78, 5) is 32.1. The van der Waals surface area contributed by atoms with Gasteiger partial charge in [0.15, 0.2) is 11.5 Å². The van der Waals surface area contributed by atoms with E-state index in [0.29, 0.717) is 43.7 Å². The van der Waals surface area contributed by atoms with Crippen molar-refractivity contribution in [1.29, 1.82) is 0 Å². The van der Waals surface area contributed by atoms with Gasteiger partial charge in [0.1, 0.15) is 19.1 Å². The van der Waals surface area contributed by atoms with Crippen LogP contribution in [0.25, 0.3) is 0 Å². The highest BCUT2D eigenvalue weighted by Crippen LogP contribution is 2.36. The van der Waals surface area contributed by atoms with Gasteiger partial charge >= 0.3 is 0 Å². The van der Waals surface area contributed by atoms with E-state index in [4.69, 9.17) is 9.47 Å². The van der Waals surface area contributed by atoms with E-state index >= 15 is 0 Å². The van der Waals surface area contributed by atoms with Gasteiger partial charge in [-0.2, -0.15) is 0 Å². The summed E-state index contributed by atoms with van der Waals surface area (Å²) in [5, 5.41) is 0. The van der Waals surface area contributed by atoms with Crippen LogP contribution in [0, 0.1) is 5.92 Å². The normalized spacial score (nSPS) is 27.8. The number of anilines is 1. The second kappa shape index (κ2) is 6.71. The minimum absolute atomic E-state index is 0.00610. The van der Waals surface area contributed by atoms with Gasteiger partial charge in [0, 0.05) is 44.0 Å². The van der Waals surface area contributed by atoms with Crippen LogP contribution in [-0.4, -0.2) is 73.6 Å². The molecule has 27 heavy (non-hydrogen) atoms. The highest BCUT2D eigenvalue weighted by Gasteiger charge is 2.42. The first-order chi connectivity index (χ1) is 13.2. The number of rotatable bonds is 2.